The molecule has 3 rings (SSSR count). The standard InChI is InChI=1S/C27H33N/c1-6-7-19-27(23-13-9-8-10-14-23,24-16-20-28(5)21-17-24)26(4)18-12-11-15-25(26)22(2)3/h6-17,20H,2,18-19,21H2,1,3-5H3/b7-6-. The van der Waals surface area contributed by atoms with Crippen molar-refractivity contribution in [3.63, 3.8) is 0 Å². The van der Waals surface area contributed by atoms with Crippen molar-refractivity contribution in [2.75, 3.05) is 13.6 Å². The monoisotopic (exact) mass is 371 g/mol. The second-order valence-corrected chi connectivity index (χ2v) is 8.28. The minimum absolute atomic E-state index is 0.0828. The third-order valence-electron chi connectivity index (χ3n) is 6.45. The Hall–Kier alpha value is -2.54. The molecule has 0 aromatic heterocycles. The van der Waals surface area contributed by atoms with Crippen LogP contribution in [0.4, 0.5) is 0 Å². The van der Waals surface area contributed by atoms with Gasteiger partial charge in [-0.05, 0) is 55.7 Å². The topological polar surface area (TPSA) is 3.24 Å². The van der Waals surface area contributed by atoms with Crippen molar-refractivity contribution >= 4 is 0 Å². The summed E-state index contributed by atoms with van der Waals surface area (Å²) in [6, 6.07) is 11.1. The molecule has 0 radical (unpaired) electrons. The van der Waals surface area contributed by atoms with Gasteiger partial charge in [0.2, 0.25) is 0 Å². The fourth-order valence-electron chi connectivity index (χ4n) is 4.96. The van der Waals surface area contributed by atoms with Gasteiger partial charge in [-0.15, -0.1) is 0 Å². The number of rotatable bonds is 6. The van der Waals surface area contributed by atoms with Crippen LogP contribution >= 0.6 is 0 Å². The van der Waals surface area contributed by atoms with Gasteiger partial charge in [-0.2, -0.15) is 0 Å². The predicted molar refractivity (Wildman–Crippen MR) is 122 cm³/mol. The van der Waals surface area contributed by atoms with Gasteiger partial charge in [-0.1, -0.05) is 85.9 Å². The Morgan fingerprint density at radius 2 is 2.04 bits per heavy atom. The maximum Gasteiger partial charge on any atom is 0.0356 e. The first-order chi connectivity index (χ1) is 13.5. The molecule has 28 heavy (non-hydrogen) atoms. The molecule has 2 aliphatic rings. The quantitative estimate of drug-likeness (QED) is 0.500. The Balaban J connectivity index is 2.32. The van der Waals surface area contributed by atoms with E-state index in [9.17, 15) is 0 Å². The SMILES string of the molecule is C=C(C)C1=CC=CCC1(C)C(C/C=C\C)(C1=CCN(C)C=C1)c1ccccc1. The molecule has 0 amide bonds. The molecule has 0 fully saturated rings. The van der Waals surface area contributed by atoms with Crippen molar-refractivity contribution in [2.24, 2.45) is 5.41 Å². The summed E-state index contributed by atoms with van der Waals surface area (Å²) >= 11 is 0. The van der Waals surface area contributed by atoms with E-state index in [1.54, 1.807) is 0 Å². The normalized spacial score (nSPS) is 24.1. The van der Waals surface area contributed by atoms with E-state index in [4.69, 9.17) is 0 Å². The van der Waals surface area contributed by atoms with Crippen LogP contribution in [0.5, 0.6) is 0 Å². The molecule has 1 heterocycles. The van der Waals surface area contributed by atoms with Crippen LogP contribution in [-0.4, -0.2) is 18.5 Å². The van der Waals surface area contributed by atoms with Crippen molar-refractivity contribution in [1.29, 1.82) is 0 Å². The molecule has 0 saturated heterocycles. The summed E-state index contributed by atoms with van der Waals surface area (Å²) in [6.45, 7) is 12.0. The summed E-state index contributed by atoms with van der Waals surface area (Å²) < 4.78 is 0. The maximum absolute atomic E-state index is 4.35. The van der Waals surface area contributed by atoms with Crippen LogP contribution in [0.2, 0.25) is 0 Å². The molecule has 2 atom stereocenters. The lowest BCUT2D eigenvalue weighted by molar-refractivity contribution is 0.225. The highest BCUT2D eigenvalue weighted by molar-refractivity contribution is 5.54. The van der Waals surface area contributed by atoms with E-state index in [1.807, 2.05) is 0 Å². The molecule has 1 aromatic rings. The molecule has 1 heteroatoms. The van der Waals surface area contributed by atoms with Crippen molar-refractivity contribution in [3.8, 4) is 0 Å². The summed E-state index contributed by atoms with van der Waals surface area (Å²) in [5.74, 6) is 0. The van der Waals surface area contributed by atoms with Gasteiger partial charge in [0.05, 0.1) is 0 Å². The van der Waals surface area contributed by atoms with Gasteiger partial charge in [0.15, 0.2) is 0 Å². The van der Waals surface area contributed by atoms with Crippen LogP contribution in [-0.2, 0) is 5.41 Å². The molecule has 146 valence electrons. The average Bonchev–Trinajstić information content (AvgIpc) is 2.70. The summed E-state index contributed by atoms with van der Waals surface area (Å²) in [6.07, 6.45) is 20.2. The first-order valence-corrected chi connectivity index (χ1v) is 10.2. The summed E-state index contributed by atoms with van der Waals surface area (Å²) in [5.41, 5.74) is 5.05. The van der Waals surface area contributed by atoms with E-state index < -0.39 is 0 Å². The third-order valence-corrected chi connectivity index (χ3v) is 6.45. The van der Waals surface area contributed by atoms with E-state index in [-0.39, 0.29) is 10.8 Å². The van der Waals surface area contributed by atoms with E-state index in [0.29, 0.717) is 0 Å². The number of benzene rings is 1. The minimum atomic E-state index is -0.159. The molecular formula is C27H33N. The van der Waals surface area contributed by atoms with Crippen LogP contribution in [0, 0.1) is 5.41 Å². The highest BCUT2D eigenvalue weighted by Crippen LogP contribution is 2.58. The molecule has 1 aliphatic carbocycles. The fraction of sp³-hybridized carbons (Fsp3) is 0.333. The van der Waals surface area contributed by atoms with Gasteiger partial charge >= 0.3 is 0 Å². The molecule has 1 nitrogen and oxygen atoms in total. The van der Waals surface area contributed by atoms with Gasteiger partial charge in [-0.25, -0.2) is 0 Å². The Labute approximate surface area is 171 Å². The Bertz CT molecular complexity index is 865. The van der Waals surface area contributed by atoms with Crippen molar-refractivity contribution in [2.45, 2.75) is 39.0 Å². The summed E-state index contributed by atoms with van der Waals surface area (Å²) in [7, 11) is 2.13. The zero-order valence-corrected chi connectivity index (χ0v) is 17.8. The van der Waals surface area contributed by atoms with Crippen LogP contribution in [0.25, 0.3) is 0 Å². The lowest BCUT2D eigenvalue weighted by atomic mass is 9.50. The number of likely N-dealkylation sites (N-methyl/N-ethyl adjacent to an activating group) is 1. The number of allylic oxidation sites excluding steroid dienone is 9. The molecule has 1 aliphatic heterocycles. The van der Waals surface area contributed by atoms with Crippen molar-refractivity contribution in [3.05, 3.63) is 108 Å². The average molecular weight is 372 g/mol. The van der Waals surface area contributed by atoms with Gasteiger partial charge in [0.1, 0.15) is 0 Å². The molecular weight excluding hydrogens is 338 g/mol. The highest BCUT2D eigenvalue weighted by Gasteiger charge is 2.52. The van der Waals surface area contributed by atoms with E-state index in [2.05, 4.69) is 118 Å². The zero-order chi connectivity index (χ0) is 20.2. The fourth-order valence-corrected chi connectivity index (χ4v) is 4.96. The van der Waals surface area contributed by atoms with Crippen LogP contribution < -0.4 is 0 Å². The van der Waals surface area contributed by atoms with Crippen molar-refractivity contribution in [1.82, 2.24) is 4.90 Å². The smallest absolute Gasteiger partial charge is 0.0356 e. The zero-order valence-electron chi connectivity index (χ0n) is 17.8. The van der Waals surface area contributed by atoms with Gasteiger partial charge in [0.25, 0.3) is 0 Å². The van der Waals surface area contributed by atoms with Gasteiger partial charge < -0.3 is 4.90 Å². The number of nitrogens with zero attached hydrogens (tertiary/aromatic N) is 1. The number of hydrogen-bond acceptors (Lipinski definition) is 1. The Kier molecular flexibility index (Phi) is 5.93. The highest BCUT2D eigenvalue weighted by atomic mass is 15.1. The minimum Gasteiger partial charge on any atom is -0.377 e. The van der Waals surface area contributed by atoms with Gasteiger partial charge in [0, 0.05) is 24.4 Å². The van der Waals surface area contributed by atoms with E-state index in [1.165, 1.54) is 16.7 Å². The predicted octanol–water partition coefficient (Wildman–Crippen LogP) is 6.74. The molecule has 0 N–H and O–H groups in total. The van der Waals surface area contributed by atoms with Crippen LogP contribution in [0.3, 0.4) is 0 Å². The third kappa shape index (κ3) is 3.35. The number of hydrogen-bond donors (Lipinski definition) is 0. The Morgan fingerprint density at radius 3 is 2.64 bits per heavy atom. The molecule has 0 saturated carbocycles. The maximum atomic E-state index is 4.35. The van der Waals surface area contributed by atoms with E-state index >= 15 is 0 Å². The van der Waals surface area contributed by atoms with Crippen molar-refractivity contribution < 1.29 is 0 Å². The molecule has 0 spiro atoms. The van der Waals surface area contributed by atoms with E-state index in [0.717, 1.165) is 25.0 Å². The lowest BCUT2D eigenvalue weighted by Gasteiger charge is -2.53. The second-order valence-electron chi connectivity index (χ2n) is 8.28. The first kappa shape index (κ1) is 20.2. The molecule has 2 unspecified atom stereocenters. The van der Waals surface area contributed by atoms with Crippen LogP contribution in [0.1, 0.15) is 39.2 Å². The second kappa shape index (κ2) is 8.22. The molecule has 0 bridgehead atoms. The largest absolute Gasteiger partial charge is 0.377 e. The van der Waals surface area contributed by atoms with Gasteiger partial charge in [-0.3, -0.25) is 0 Å². The summed E-state index contributed by atoms with van der Waals surface area (Å²) in [4.78, 5) is 2.23. The first-order valence-electron chi connectivity index (χ1n) is 10.2. The summed E-state index contributed by atoms with van der Waals surface area (Å²) in [5, 5.41) is 0. The molecule has 1 aromatic carbocycles. The lowest BCUT2D eigenvalue weighted by Crippen LogP contribution is -2.47. The Morgan fingerprint density at radius 1 is 1.29 bits per heavy atom. The van der Waals surface area contributed by atoms with Crippen LogP contribution in [0.15, 0.2) is 102 Å².